The fraction of sp³-hybridized carbons (Fsp3) is 1.00. The Balaban J connectivity index is 0. The number of hydrogen-bond acceptors (Lipinski definition) is 2. The van der Waals surface area contributed by atoms with E-state index in [1.807, 2.05) is 6.92 Å². The van der Waals surface area contributed by atoms with E-state index in [0.717, 1.165) is 6.61 Å². The molecule has 0 amide bonds. The second-order valence-corrected chi connectivity index (χ2v) is 3.06. The fourth-order valence-electron chi connectivity index (χ4n) is 0.184. The predicted octanol–water partition coefficient (Wildman–Crippen LogP) is 3.46. The molecule has 2 nitrogen and oxygen atoms in total. The highest BCUT2D eigenvalue weighted by Crippen LogP contribution is 2.33. The predicted molar refractivity (Wildman–Crippen MR) is 43.5 cm³/mol. The van der Waals surface area contributed by atoms with Gasteiger partial charge < -0.3 is 4.74 Å². The van der Waals surface area contributed by atoms with Gasteiger partial charge in [0.2, 0.25) is 0 Å². The van der Waals surface area contributed by atoms with Crippen LogP contribution >= 0.6 is 15.9 Å². The van der Waals surface area contributed by atoms with Gasteiger partial charge in [0.1, 0.15) is 0 Å². The monoisotopic (exact) mass is 306 g/mol. The number of alkyl halides is 7. The minimum absolute atomic E-state index is 0.819. The molecule has 15 heavy (non-hydrogen) atoms. The van der Waals surface area contributed by atoms with Gasteiger partial charge in [-0.3, -0.25) is 0 Å². The van der Waals surface area contributed by atoms with Crippen molar-refractivity contribution in [3.8, 4) is 0 Å². The van der Waals surface area contributed by atoms with Crippen molar-refractivity contribution in [3.05, 3.63) is 0 Å². The molecule has 0 aromatic rings. The summed E-state index contributed by atoms with van der Waals surface area (Å²) in [5, 5.41) is 0. The van der Waals surface area contributed by atoms with Crippen LogP contribution in [0.15, 0.2) is 0 Å². The average Bonchev–Trinajstić information content (AvgIpc) is 2.00. The zero-order valence-electron chi connectivity index (χ0n) is 7.75. The third-order valence-electron chi connectivity index (χ3n) is 0.783. The molecule has 94 valence electrons. The second kappa shape index (κ2) is 7.29. The molecular formula is C6H9BrF6O2. The van der Waals surface area contributed by atoms with Gasteiger partial charge in [-0.2, -0.15) is 8.78 Å². The summed E-state index contributed by atoms with van der Waals surface area (Å²) < 4.78 is 74.7. The lowest BCUT2D eigenvalue weighted by atomic mass is 10.7. The molecule has 0 bridgehead atoms. The van der Waals surface area contributed by atoms with E-state index < -0.39 is 17.6 Å². The lowest BCUT2D eigenvalue weighted by Crippen LogP contribution is -2.31. The lowest BCUT2D eigenvalue weighted by Gasteiger charge is -2.15. The Morgan fingerprint density at radius 2 is 1.53 bits per heavy atom. The van der Waals surface area contributed by atoms with Gasteiger partial charge in [0, 0.05) is 13.7 Å². The molecule has 0 aliphatic heterocycles. The number of rotatable bonds is 3. The summed E-state index contributed by atoms with van der Waals surface area (Å²) in [6, 6.07) is 0. The molecule has 0 aromatic carbocycles. The fourth-order valence-corrected chi connectivity index (χ4v) is 0.278. The second-order valence-electron chi connectivity index (χ2n) is 2.00. The Kier molecular flexibility index (Phi) is 8.44. The molecule has 0 fully saturated rings. The van der Waals surface area contributed by atoms with Crippen LogP contribution < -0.4 is 0 Å². The molecule has 0 saturated carbocycles. The van der Waals surface area contributed by atoms with Gasteiger partial charge in [0.25, 0.3) is 6.36 Å². The maximum absolute atomic E-state index is 11.7. The molecule has 0 aliphatic rings. The van der Waals surface area contributed by atoms with Crippen molar-refractivity contribution in [2.45, 2.75) is 24.5 Å². The maximum atomic E-state index is 11.7. The molecule has 0 aromatic heterocycles. The highest BCUT2D eigenvalue weighted by atomic mass is 79.9. The van der Waals surface area contributed by atoms with Gasteiger partial charge in [-0.25, -0.2) is 9.13 Å². The van der Waals surface area contributed by atoms with Crippen LogP contribution in [0.2, 0.25) is 0 Å². The summed E-state index contributed by atoms with van der Waals surface area (Å²) in [7, 11) is 1.68. The Hall–Kier alpha value is -0.0200. The van der Waals surface area contributed by atoms with E-state index in [4.69, 9.17) is 0 Å². The van der Waals surface area contributed by atoms with Crippen LogP contribution in [0, 0.1) is 0 Å². The Morgan fingerprint density at radius 3 is 1.60 bits per heavy atom. The highest BCUT2D eigenvalue weighted by molar-refractivity contribution is 9.10. The maximum Gasteiger partial charge on any atom is 0.525 e. The van der Waals surface area contributed by atoms with Gasteiger partial charge in [-0.1, -0.05) is 0 Å². The SMILES string of the molecule is CCOC.FC(OC(F)(F)F)C(F)(F)Br. The number of ether oxygens (including phenoxy) is 2. The molecular weight excluding hydrogens is 298 g/mol. The topological polar surface area (TPSA) is 18.5 Å². The summed E-state index contributed by atoms with van der Waals surface area (Å²) in [5.41, 5.74) is 0. The first-order chi connectivity index (χ1) is 6.54. The quantitative estimate of drug-likeness (QED) is 0.587. The number of hydrogen-bond donors (Lipinski definition) is 0. The van der Waals surface area contributed by atoms with E-state index >= 15 is 0 Å². The van der Waals surface area contributed by atoms with Crippen LogP contribution in [-0.4, -0.2) is 31.3 Å². The molecule has 0 saturated heterocycles. The zero-order chi connectivity index (χ0) is 12.7. The van der Waals surface area contributed by atoms with Crippen molar-refractivity contribution >= 4 is 15.9 Å². The normalized spacial score (nSPS) is 14.2. The largest absolute Gasteiger partial charge is 0.525 e. The Labute approximate surface area is 90.7 Å². The van der Waals surface area contributed by atoms with E-state index in [1.54, 1.807) is 7.11 Å². The van der Waals surface area contributed by atoms with Crippen LogP contribution in [0.4, 0.5) is 26.3 Å². The zero-order valence-corrected chi connectivity index (χ0v) is 9.33. The first-order valence-corrected chi connectivity index (χ1v) is 4.28. The molecule has 0 aliphatic carbocycles. The molecule has 0 N–H and O–H groups in total. The smallest absolute Gasteiger partial charge is 0.385 e. The van der Waals surface area contributed by atoms with E-state index in [-0.39, 0.29) is 0 Å². The molecule has 1 unspecified atom stereocenters. The van der Waals surface area contributed by atoms with Crippen molar-refractivity contribution in [2.24, 2.45) is 0 Å². The summed E-state index contributed by atoms with van der Waals surface area (Å²) in [5.74, 6) is 0. The van der Waals surface area contributed by atoms with Gasteiger partial charge in [0.15, 0.2) is 0 Å². The Bertz CT molecular complexity index is 155. The van der Waals surface area contributed by atoms with Crippen LogP contribution in [0.1, 0.15) is 6.92 Å². The van der Waals surface area contributed by atoms with Crippen LogP contribution in [0.3, 0.4) is 0 Å². The summed E-state index contributed by atoms with van der Waals surface area (Å²) in [4.78, 5) is -4.33. The highest BCUT2D eigenvalue weighted by Gasteiger charge is 2.46. The van der Waals surface area contributed by atoms with Crippen LogP contribution in [0.25, 0.3) is 0 Å². The standard InChI is InChI=1S/C3HBrF6O.C3H8O/c4-2(6,7)1(5)11-3(8,9)10;1-3-4-2/h1H;3H2,1-2H3. The number of methoxy groups -OCH3 is 1. The van der Waals surface area contributed by atoms with Gasteiger partial charge >= 0.3 is 11.2 Å². The minimum Gasteiger partial charge on any atom is -0.385 e. The summed E-state index contributed by atoms with van der Waals surface area (Å²) in [6.45, 7) is 2.78. The van der Waals surface area contributed by atoms with Crippen LogP contribution in [-0.2, 0) is 9.47 Å². The molecule has 9 heteroatoms. The van der Waals surface area contributed by atoms with Gasteiger partial charge in [0.05, 0.1) is 0 Å². The van der Waals surface area contributed by atoms with Crippen molar-refractivity contribution in [3.63, 3.8) is 0 Å². The van der Waals surface area contributed by atoms with Crippen molar-refractivity contribution in [1.82, 2.24) is 0 Å². The Morgan fingerprint density at radius 1 is 1.20 bits per heavy atom. The molecule has 0 radical (unpaired) electrons. The van der Waals surface area contributed by atoms with Crippen molar-refractivity contribution in [2.75, 3.05) is 13.7 Å². The van der Waals surface area contributed by atoms with E-state index in [2.05, 4.69) is 9.47 Å². The van der Waals surface area contributed by atoms with E-state index in [0.29, 0.717) is 0 Å². The molecule has 0 rings (SSSR count). The lowest BCUT2D eigenvalue weighted by molar-refractivity contribution is -0.376. The van der Waals surface area contributed by atoms with E-state index in [9.17, 15) is 26.3 Å². The summed E-state index contributed by atoms with van der Waals surface area (Å²) >= 11 is 1.36. The first kappa shape index (κ1) is 17.4. The van der Waals surface area contributed by atoms with Crippen molar-refractivity contribution < 1.29 is 35.8 Å². The van der Waals surface area contributed by atoms with E-state index in [1.165, 1.54) is 15.9 Å². The summed E-state index contributed by atoms with van der Waals surface area (Å²) in [6.07, 6.45) is -9.14. The van der Waals surface area contributed by atoms with Gasteiger partial charge in [-0.15, -0.1) is 13.2 Å². The minimum atomic E-state index is -5.41. The van der Waals surface area contributed by atoms with Crippen molar-refractivity contribution in [1.29, 1.82) is 0 Å². The number of halogens is 7. The first-order valence-electron chi connectivity index (χ1n) is 3.48. The average molecular weight is 307 g/mol. The third kappa shape index (κ3) is 14.0. The van der Waals surface area contributed by atoms with Gasteiger partial charge in [-0.05, 0) is 22.9 Å². The third-order valence-corrected chi connectivity index (χ3v) is 1.14. The molecule has 0 heterocycles. The molecule has 0 spiro atoms. The van der Waals surface area contributed by atoms with Crippen LogP contribution in [0.5, 0.6) is 0 Å². The molecule has 1 atom stereocenters.